The highest BCUT2D eigenvalue weighted by molar-refractivity contribution is 7.98. The summed E-state index contributed by atoms with van der Waals surface area (Å²) in [6, 6.07) is 10.2. The Morgan fingerprint density at radius 3 is 1.81 bits per heavy atom. The minimum Gasteiger partial charge on any atom is -0.480 e. The minimum atomic E-state index is -1.19. The second-order valence-corrected chi connectivity index (χ2v) is 16.8. The summed E-state index contributed by atoms with van der Waals surface area (Å²) in [6.07, 6.45) is 6.44. The fourth-order valence-electron chi connectivity index (χ4n) is 6.27. The maximum Gasteiger partial charge on any atom is 0.326 e. The summed E-state index contributed by atoms with van der Waals surface area (Å²) in [6.45, 7) is 7.40. The topological polar surface area (TPSA) is 225 Å². The number of carbonyl (C=O) groups excluding carboxylic acids is 5. The number of aromatic amines is 1. The number of hydrogen-bond acceptors (Lipinski definition) is 9. The molecule has 5 amide bonds. The SMILES string of the molecule is CSCC[C@H](NC(=O)[C@H](Cc1c[nH]c2ccccc12)NC(=O)[C@H](CCSC)NC(=O)[C@@H](NC(=O)[C@H](Cc1ccccc1)NC(=O)[C@@H](N)CC(C)C)C(C)C)C(=O)O. The maximum absolute atomic E-state index is 14.1. The van der Waals surface area contributed by atoms with Gasteiger partial charge in [-0.3, -0.25) is 24.0 Å². The van der Waals surface area contributed by atoms with Crippen LogP contribution in [0.15, 0.2) is 60.8 Å². The molecule has 0 saturated carbocycles. The van der Waals surface area contributed by atoms with Crippen molar-refractivity contribution in [2.24, 2.45) is 17.6 Å². The third-order valence-corrected chi connectivity index (χ3v) is 10.7. The number of aliphatic carboxylic acids is 1. The minimum absolute atomic E-state index is 0.0413. The summed E-state index contributed by atoms with van der Waals surface area (Å²) in [4.78, 5) is 84.1. The van der Waals surface area contributed by atoms with E-state index in [0.717, 1.165) is 22.0 Å². The van der Waals surface area contributed by atoms with Crippen LogP contribution in [0.5, 0.6) is 0 Å². The van der Waals surface area contributed by atoms with E-state index in [0.29, 0.717) is 17.9 Å². The predicted octanol–water partition coefficient (Wildman–Crippen LogP) is 3.00. The molecule has 0 bridgehead atoms. The van der Waals surface area contributed by atoms with E-state index in [9.17, 15) is 33.9 Å². The van der Waals surface area contributed by atoms with E-state index in [1.807, 2.05) is 81.0 Å². The first-order chi connectivity index (χ1) is 27.1. The number of benzene rings is 2. The summed E-state index contributed by atoms with van der Waals surface area (Å²) in [7, 11) is 0. The van der Waals surface area contributed by atoms with Gasteiger partial charge in [-0.05, 0) is 72.3 Å². The molecule has 14 nitrogen and oxygen atoms in total. The van der Waals surface area contributed by atoms with E-state index in [-0.39, 0.29) is 31.6 Å². The quantitative estimate of drug-likeness (QED) is 0.0660. The molecule has 0 spiro atoms. The number of thioether (sulfide) groups is 2. The molecule has 0 unspecified atom stereocenters. The number of amides is 5. The molecule has 9 N–H and O–H groups in total. The molecule has 0 aliphatic carbocycles. The van der Waals surface area contributed by atoms with Crippen molar-refractivity contribution in [2.45, 2.75) is 96.1 Å². The molecular formula is C41H59N7O7S2. The Morgan fingerprint density at radius 2 is 1.19 bits per heavy atom. The Balaban J connectivity index is 1.86. The summed E-state index contributed by atoms with van der Waals surface area (Å²) >= 11 is 2.91. The van der Waals surface area contributed by atoms with Crippen LogP contribution in [0.2, 0.25) is 0 Å². The standard InChI is InChI=1S/C41H59N7O7S2/c1-24(2)20-29(42)36(49)46-33(21-26-12-8-7-9-13-26)39(52)48-35(25(3)4)40(53)44-31(16-18-56-5)37(50)47-34(38(51)45-32(41(54)55)17-19-57-6)22-27-23-43-30-15-11-10-14-28(27)30/h7-15,23-25,29,31-35,43H,16-22,42H2,1-6H3,(H,44,53)(H,45,51)(H,46,49)(H,47,50)(H,48,52)(H,54,55)/t29-,31-,32-,33-,34-,35-/m0/s1. The second kappa shape index (κ2) is 23.6. The third-order valence-electron chi connectivity index (χ3n) is 9.43. The van der Waals surface area contributed by atoms with E-state index in [4.69, 9.17) is 5.73 Å². The van der Waals surface area contributed by atoms with Crippen LogP contribution in [0.3, 0.4) is 0 Å². The number of hydrogen-bond donors (Lipinski definition) is 8. The zero-order valence-electron chi connectivity index (χ0n) is 33.6. The number of rotatable bonds is 24. The van der Waals surface area contributed by atoms with Crippen molar-refractivity contribution in [1.29, 1.82) is 0 Å². The molecule has 0 aliphatic rings. The van der Waals surface area contributed by atoms with E-state index in [1.165, 1.54) is 23.5 Å². The van der Waals surface area contributed by atoms with E-state index in [2.05, 4.69) is 31.6 Å². The average molecular weight is 826 g/mol. The van der Waals surface area contributed by atoms with Gasteiger partial charge in [-0.25, -0.2) is 4.79 Å². The number of para-hydroxylation sites is 1. The highest BCUT2D eigenvalue weighted by Crippen LogP contribution is 2.20. The molecule has 2 aromatic carbocycles. The molecule has 0 aliphatic heterocycles. The van der Waals surface area contributed by atoms with E-state index < -0.39 is 77.7 Å². The first-order valence-electron chi connectivity index (χ1n) is 19.2. The number of carboxylic acid groups (broad SMARTS) is 1. The molecule has 0 saturated heterocycles. The van der Waals surface area contributed by atoms with Crippen molar-refractivity contribution >= 4 is 69.9 Å². The lowest BCUT2D eigenvalue weighted by Gasteiger charge is -2.28. The normalized spacial score (nSPS) is 14.5. The Morgan fingerprint density at radius 1 is 0.667 bits per heavy atom. The summed E-state index contributed by atoms with van der Waals surface area (Å²) in [5, 5.41) is 24.5. The zero-order valence-corrected chi connectivity index (χ0v) is 35.3. The van der Waals surface area contributed by atoms with Crippen LogP contribution in [-0.4, -0.2) is 106 Å². The fourth-order valence-corrected chi connectivity index (χ4v) is 7.22. The lowest BCUT2D eigenvalue weighted by molar-refractivity contribution is -0.142. The van der Waals surface area contributed by atoms with Crippen molar-refractivity contribution in [3.8, 4) is 0 Å². The van der Waals surface area contributed by atoms with Crippen LogP contribution in [-0.2, 0) is 41.6 Å². The third kappa shape index (κ3) is 15.0. The molecule has 16 heteroatoms. The molecule has 0 fully saturated rings. The summed E-state index contributed by atoms with van der Waals surface area (Å²) in [5.41, 5.74) is 8.51. The molecule has 312 valence electrons. The molecule has 3 rings (SSSR count). The second-order valence-electron chi connectivity index (χ2n) is 14.9. The van der Waals surface area contributed by atoms with Crippen molar-refractivity contribution in [2.75, 3.05) is 24.0 Å². The van der Waals surface area contributed by atoms with Gasteiger partial charge in [0.05, 0.1) is 6.04 Å². The monoisotopic (exact) mass is 825 g/mol. The largest absolute Gasteiger partial charge is 0.480 e. The zero-order chi connectivity index (χ0) is 42.1. The number of nitrogens with two attached hydrogens (primary N) is 1. The molecule has 3 aromatic rings. The van der Waals surface area contributed by atoms with Crippen LogP contribution in [0.25, 0.3) is 10.9 Å². The van der Waals surface area contributed by atoms with Crippen LogP contribution in [0.1, 0.15) is 58.1 Å². The Labute approximate surface area is 343 Å². The predicted molar refractivity (Wildman–Crippen MR) is 228 cm³/mol. The highest BCUT2D eigenvalue weighted by atomic mass is 32.2. The number of carboxylic acids is 1. The molecular weight excluding hydrogens is 767 g/mol. The van der Waals surface area contributed by atoms with E-state index in [1.54, 1.807) is 20.0 Å². The lowest BCUT2D eigenvalue weighted by atomic mass is 9.99. The van der Waals surface area contributed by atoms with Gasteiger partial charge in [-0.15, -0.1) is 0 Å². The van der Waals surface area contributed by atoms with Crippen molar-refractivity contribution in [3.05, 3.63) is 71.9 Å². The number of fused-ring (bicyclic) bond motifs is 1. The fraction of sp³-hybridized carbons (Fsp3) is 0.512. The van der Waals surface area contributed by atoms with Crippen LogP contribution < -0.4 is 32.3 Å². The van der Waals surface area contributed by atoms with Crippen LogP contribution >= 0.6 is 23.5 Å². The van der Waals surface area contributed by atoms with Crippen LogP contribution in [0, 0.1) is 11.8 Å². The van der Waals surface area contributed by atoms with Crippen molar-refractivity contribution in [3.63, 3.8) is 0 Å². The number of carbonyl (C=O) groups is 6. The van der Waals surface area contributed by atoms with Crippen LogP contribution in [0.4, 0.5) is 0 Å². The van der Waals surface area contributed by atoms with Crippen molar-refractivity contribution in [1.82, 2.24) is 31.6 Å². The molecule has 6 atom stereocenters. The van der Waals surface area contributed by atoms with Gasteiger partial charge in [-0.1, -0.05) is 76.2 Å². The average Bonchev–Trinajstić information content (AvgIpc) is 3.58. The van der Waals surface area contributed by atoms with Gasteiger partial charge in [0.25, 0.3) is 0 Å². The van der Waals surface area contributed by atoms with Gasteiger partial charge in [0.1, 0.15) is 30.2 Å². The first-order valence-corrected chi connectivity index (χ1v) is 22.0. The number of H-pyrrole nitrogens is 1. The van der Waals surface area contributed by atoms with Gasteiger partial charge < -0.3 is 42.4 Å². The van der Waals surface area contributed by atoms with Gasteiger partial charge in [0, 0.05) is 29.9 Å². The van der Waals surface area contributed by atoms with Gasteiger partial charge in [0.2, 0.25) is 29.5 Å². The number of nitrogens with one attached hydrogen (secondary N) is 6. The smallest absolute Gasteiger partial charge is 0.326 e. The summed E-state index contributed by atoms with van der Waals surface area (Å²) < 4.78 is 0. The van der Waals surface area contributed by atoms with Crippen molar-refractivity contribution < 1.29 is 33.9 Å². The van der Waals surface area contributed by atoms with Gasteiger partial charge >= 0.3 is 5.97 Å². The Hall–Kier alpha value is -4.54. The lowest BCUT2D eigenvalue weighted by Crippen LogP contribution is -2.60. The van der Waals surface area contributed by atoms with Gasteiger partial charge in [0.15, 0.2) is 0 Å². The first kappa shape index (κ1) is 46.8. The highest BCUT2D eigenvalue weighted by Gasteiger charge is 2.34. The maximum atomic E-state index is 14.1. The number of aromatic nitrogens is 1. The Bertz CT molecular complexity index is 1790. The van der Waals surface area contributed by atoms with Gasteiger partial charge in [-0.2, -0.15) is 23.5 Å². The molecule has 1 aromatic heterocycles. The molecule has 0 radical (unpaired) electrons. The van der Waals surface area contributed by atoms with E-state index >= 15 is 0 Å². The Kier molecular flexibility index (Phi) is 19.4. The molecule has 57 heavy (non-hydrogen) atoms. The summed E-state index contributed by atoms with van der Waals surface area (Å²) in [5.74, 6) is -3.50. The molecule has 1 heterocycles.